The Hall–Kier alpha value is -3.89. The van der Waals surface area contributed by atoms with Crippen molar-refractivity contribution in [3.63, 3.8) is 0 Å². The maximum absolute atomic E-state index is 12.6. The van der Waals surface area contributed by atoms with Crippen molar-refractivity contribution in [2.75, 3.05) is 5.32 Å². The highest BCUT2D eigenvalue weighted by Crippen LogP contribution is 2.26. The SMILES string of the molecule is N#Cc1ccccc1COc1cccc(C(=O)Nc2nc(-c3ccco3)cs2)c1. The number of nitriles is 1. The third-order valence-electron chi connectivity index (χ3n) is 4.13. The van der Waals surface area contributed by atoms with E-state index in [1.807, 2.05) is 29.6 Å². The Morgan fingerprint density at radius 1 is 1.17 bits per heavy atom. The normalized spacial score (nSPS) is 10.3. The Morgan fingerprint density at radius 2 is 2.07 bits per heavy atom. The molecule has 2 heterocycles. The Kier molecular flexibility index (Phi) is 5.36. The molecule has 29 heavy (non-hydrogen) atoms. The Labute approximate surface area is 171 Å². The van der Waals surface area contributed by atoms with Crippen LogP contribution in [0.4, 0.5) is 5.13 Å². The maximum atomic E-state index is 12.6. The molecule has 1 N–H and O–H groups in total. The first-order valence-corrected chi connectivity index (χ1v) is 9.62. The molecule has 0 radical (unpaired) electrons. The monoisotopic (exact) mass is 401 g/mol. The number of nitrogens with zero attached hydrogens (tertiary/aromatic N) is 2. The molecule has 0 fully saturated rings. The molecule has 2 aromatic heterocycles. The van der Waals surface area contributed by atoms with Gasteiger partial charge < -0.3 is 9.15 Å². The van der Waals surface area contributed by atoms with Gasteiger partial charge in [-0.15, -0.1) is 11.3 Å². The van der Waals surface area contributed by atoms with E-state index in [1.165, 1.54) is 11.3 Å². The third kappa shape index (κ3) is 4.34. The van der Waals surface area contributed by atoms with Gasteiger partial charge in [-0.05, 0) is 36.4 Å². The molecule has 7 heteroatoms. The quantitative estimate of drug-likeness (QED) is 0.485. The summed E-state index contributed by atoms with van der Waals surface area (Å²) in [5.41, 5.74) is 2.48. The number of hydrogen-bond acceptors (Lipinski definition) is 6. The highest BCUT2D eigenvalue weighted by atomic mass is 32.1. The van der Waals surface area contributed by atoms with E-state index < -0.39 is 0 Å². The topological polar surface area (TPSA) is 88.1 Å². The van der Waals surface area contributed by atoms with Crippen LogP contribution in [0, 0.1) is 11.3 Å². The van der Waals surface area contributed by atoms with Crippen LogP contribution in [0.3, 0.4) is 0 Å². The van der Waals surface area contributed by atoms with Gasteiger partial charge in [0.1, 0.15) is 18.1 Å². The summed E-state index contributed by atoms with van der Waals surface area (Å²) in [5.74, 6) is 0.906. The molecule has 1 amide bonds. The number of anilines is 1. The van der Waals surface area contributed by atoms with Crippen LogP contribution >= 0.6 is 11.3 Å². The number of amides is 1. The largest absolute Gasteiger partial charge is 0.489 e. The first-order chi connectivity index (χ1) is 14.2. The summed E-state index contributed by atoms with van der Waals surface area (Å²) in [7, 11) is 0. The molecule has 4 rings (SSSR count). The van der Waals surface area contributed by atoms with Gasteiger partial charge in [0.2, 0.25) is 0 Å². The molecular formula is C22H15N3O3S. The predicted molar refractivity (Wildman–Crippen MR) is 110 cm³/mol. The minimum atomic E-state index is -0.284. The van der Waals surface area contributed by atoms with Crippen molar-refractivity contribution in [2.24, 2.45) is 0 Å². The van der Waals surface area contributed by atoms with Gasteiger partial charge in [0.05, 0.1) is 17.9 Å². The van der Waals surface area contributed by atoms with Crippen LogP contribution in [0.1, 0.15) is 21.5 Å². The fraction of sp³-hybridized carbons (Fsp3) is 0.0455. The van der Waals surface area contributed by atoms with E-state index in [0.717, 1.165) is 5.56 Å². The van der Waals surface area contributed by atoms with Crippen molar-refractivity contribution in [3.8, 4) is 23.3 Å². The van der Waals surface area contributed by atoms with Gasteiger partial charge in [0.25, 0.3) is 5.91 Å². The van der Waals surface area contributed by atoms with Gasteiger partial charge in [-0.3, -0.25) is 10.1 Å². The number of rotatable bonds is 6. The Bertz CT molecular complexity index is 1180. The second-order valence-corrected chi connectivity index (χ2v) is 6.91. The molecule has 0 bridgehead atoms. The highest BCUT2D eigenvalue weighted by Gasteiger charge is 2.12. The fourth-order valence-electron chi connectivity index (χ4n) is 2.68. The summed E-state index contributed by atoms with van der Waals surface area (Å²) in [6.45, 7) is 0.244. The van der Waals surface area contributed by atoms with Crippen molar-refractivity contribution >= 4 is 22.4 Å². The van der Waals surface area contributed by atoms with Crippen LogP contribution in [0.2, 0.25) is 0 Å². The molecular weight excluding hydrogens is 386 g/mol. The molecule has 0 aliphatic heterocycles. The van der Waals surface area contributed by atoms with Gasteiger partial charge in [0, 0.05) is 16.5 Å². The Balaban J connectivity index is 1.43. The van der Waals surface area contributed by atoms with Crippen LogP contribution in [0.25, 0.3) is 11.5 Å². The van der Waals surface area contributed by atoms with E-state index in [-0.39, 0.29) is 12.5 Å². The number of benzene rings is 2. The summed E-state index contributed by atoms with van der Waals surface area (Å²) in [6, 6.07) is 19.9. The third-order valence-corrected chi connectivity index (χ3v) is 4.88. The molecule has 2 aromatic carbocycles. The lowest BCUT2D eigenvalue weighted by Gasteiger charge is -2.09. The summed E-state index contributed by atoms with van der Waals surface area (Å²) in [4.78, 5) is 16.9. The van der Waals surface area contributed by atoms with Gasteiger partial charge >= 0.3 is 0 Å². The average molecular weight is 401 g/mol. The van der Waals surface area contributed by atoms with E-state index in [1.54, 1.807) is 42.7 Å². The van der Waals surface area contributed by atoms with Crippen molar-refractivity contribution in [1.82, 2.24) is 4.98 Å². The zero-order chi connectivity index (χ0) is 20.1. The summed E-state index contributed by atoms with van der Waals surface area (Å²) in [6.07, 6.45) is 1.58. The van der Waals surface area contributed by atoms with Crippen LogP contribution < -0.4 is 10.1 Å². The first-order valence-electron chi connectivity index (χ1n) is 8.74. The van der Waals surface area contributed by atoms with E-state index in [9.17, 15) is 4.79 Å². The van der Waals surface area contributed by atoms with Gasteiger partial charge in [-0.1, -0.05) is 24.3 Å². The molecule has 0 atom stereocenters. The van der Waals surface area contributed by atoms with Gasteiger partial charge in [0.15, 0.2) is 10.9 Å². The van der Waals surface area contributed by atoms with E-state index in [4.69, 9.17) is 14.4 Å². The molecule has 142 valence electrons. The van der Waals surface area contributed by atoms with Crippen LogP contribution in [-0.2, 0) is 6.61 Å². The zero-order valence-electron chi connectivity index (χ0n) is 15.2. The molecule has 0 saturated carbocycles. The maximum Gasteiger partial charge on any atom is 0.257 e. The summed E-state index contributed by atoms with van der Waals surface area (Å²) < 4.78 is 11.1. The van der Waals surface area contributed by atoms with Crippen LogP contribution in [0.5, 0.6) is 5.75 Å². The predicted octanol–water partition coefficient (Wildman–Crippen LogP) is 5.11. The van der Waals surface area contributed by atoms with Crippen LogP contribution in [0.15, 0.2) is 76.7 Å². The van der Waals surface area contributed by atoms with E-state index in [2.05, 4.69) is 16.4 Å². The fourth-order valence-corrected chi connectivity index (χ4v) is 3.38. The van der Waals surface area contributed by atoms with Crippen molar-refractivity contribution in [2.45, 2.75) is 6.61 Å². The number of thiazole rings is 1. The minimum Gasteiger partial charge on any atom is -0.489 e. The molecule has 4 aromatic rings. The Morgan fingerprint density at radius 3 is 2.90 bits per heavy atom. The van der Waals surface area contributed by atoms with E-state index >= 15 is 0 Å². The lowest BCUT2D eigenvalue weighted by Crippen LogP contribution is -2.11. The highest BCUT2D eigenvalue weighted by molar-refractivity contribution is 7.14. The number of carbonyl (C=O) groups excluding carboxylic acids is 1. The van der Waals surface area contributed by atoms with Crippen LogP contribution in [-0.4, -0.2) is 10.9 Å². The molecule has 0 saturated heterocycles. The van der Waals surface area contributed by atoms with Crippen molar-refractivity contribution < 1.29 is 13.9 Å². The number of aromatic nitrogens is 1. The second-order valence-electron chi connectivity index (χ2n) is 6.05. The summed E-state index contributed by atoms with van der Waals surface area (Å²) >= 11 is 1.32. The lowest BCUT2D eigenvalue weighted by atomic mass is 10.1. The molecule has 0 unspecified atom stereocenters. The van der Waals surface area contributed by atoms with Gasteiger partial charge in [-0.25, -0.2) is 4.98 Å². The number of hydrogen-bond donors (Lipinski definition) is 1. The standard InChI is InChI=1S/C22H15N3O3S/c23-12-16-5-1-2-6-17(16)13-28-18-8-3-7-15(11-18)21(26)25-22-24-19(14-29-22)20-9-4-10-27-20/h1-11,14H,13H2,(H,24,25,26). The first kappa shape index (κ1) is 18.5. The van der Waals surface area contributed by atoms with Crippen molar-refractivity contribution in [1.29, 1.82) is 5.26 Å². The van der Waals surface area contributed by atoms with Gasteiger partial charge in [-0.2, -0.15) is 5.26 Å². The smallest absolute Gasteiger partial charge is 0.257 e. The average Bonchev–Trinajstić information content (AvgIpc) is 3.44. The number of nitrogens with one attached hydrogen (secondary N) is 1. The molecule has 0 aliphatic carbocycles. The molecule has 0 aliphatic rings. The second kappa shape index (κ2) is 8.42. The van der Waals surface area contributed by atoms with Crippen molar-refractivity contribution in [3.05, 3.63) is 89.0 Å². The lowest BCUT2D eigenvalue weighted by molar-refractivity contribution is 0.102. The van der Waals surface area contributed by atoms with E-state index in [0.29, 0.717) is 33.5 Å². The number of ether oxygens (including phenoxy) is 1. The number of furan rings is 1. The summed E-state index contributed by atoms with van der Waals surface area (Å²) in [5, 5.41) is 14.3. The molecule has 0 spiro atoms. The zero-order valence-corrected chi connectivity index (χ0v) is 16.0. The number of carbonyl (C=O) groups is 1. The minimum absolute atomic E-state index is 0.244. The molecule has 6 nitrogen and oxygen atoms in total.